The van der Waals surface area contributed by atoms with Gasteiger partial charge in [-0.3, -0.25) is 0 Å². The molecular formula is C19H30. The molecule has 0 saturated carbocycles. The zero-order chi connectivity index (χ0) is 14.4. The molecule has 1 aliphatic rings. The van der Waals surface area contributed by atoms with Crippen molar-refractivity contribution in [1.29, 1.82) is 0 Å². The summed E-state index contributed by atoms with van der Waals surface area (Å²) in [5.74, 6) is 3.11. The molecule has 0 heteroatoms. The van der Waals surface area contributed by atoms with Crippen LogP contribution in [0.5, 0.6) is 0 Å². The quantitative estimate of drug-likeness (QED) is 0.619. The zero-order valence-corrected chi connectivity index (χ0v) is 13.5. The number of benzene rings is 1. The van der Waals surface area contributed by atoms with Crippen LogP contribution < -0.4 is 0 Å². The number of allylic oxidation sites excluding steroid dienone is 2. The third-order valence-electron chi connectivity index (χ3n) is 4.11. The van der Waals surface area contributed by atoms with Gasteiger partial charge in [0.25, 0.3) is 0 Å². The Balaban J connectivity index is 0.000000861. The molecule has 0 spiro atoms. The molecule has 1 aromatic rings. The van der Waals surface area contributed by atoms with Crippen molar-refractivity contribution in [2.75, 3.05) is 0 Å². The van der Waals surface area contributed by atoms with E-state index in [0.29, 0.717) is 0 Å². The van der Waals surface area contributed by atoms with Crippen LogP contribution in [0.4, 0.5) is 0 Å². The third kappa shape index (κ3) is 3.96. The van der Waals surface area contributed by atoms with Gasteiger partial charge in [-0.15, -0.1) is 0 Å². The van der Waals surface area contributed by atoms with Gasteiger partial charge in [0.2, 0.25) is 0 Å². The Morgan fingerprint density at radius 1 is 0.895 bits per heavy atom. The average Bonchev–Trinajstić information content (AvgIpc) is 2.87. The van der Waals surface area contributed by atoms with Crippen molar-refractivity contribution < 1.29 is 0 Å². The van der Waals surface area contributed by atoms with Crippen LogP contribution in [0.25, 0.3) is 5.57 Å². The lowest BCUT2D eigenvalue weighted by Crippen LogP contribution is -2.19. The highest BCUT2D eigenvalue weighted by Gasteiger charge is 2.31. The standard InChI is InChI=1S/C17H24.C2H6/c1-12(2)16-10-15(11-17(16)13(3)4)14-8-6-5-7-9-14;1-2/h5-10,12-13,16-17H,11H2,1-4H3;1-2H3/t16?,17-;/m0./s1. The highest BCUT2D eigenvalue weighted by molar-refractivity contribution is 5.68. The molecule has 0 nitrogen and oxygen atoms in total. The van der Waals surface area contributed by atoms with Crippen LogP contribution in [-0.4, -0.2) is 0 Å². The maximum Gasteiger partial charge on any atom is -0.0170 e. The highest BCUT2D eigenvalue weighted by Crippen LogP contribution is 2.43. The number of rotatable bonds is 3. The van der Waals surface area contributed by atoms with Gasteiger partial charge in [0.15, 0.2) is 0 Å². The predicted octanol–water partition coefficient (Wildman–Crippen LogP) is 6.04. The predicted molar refractivity (Wildman–Crippen MR) is 87.0 cm³/mol. The summed E-state index contributed by atoms with van der Waals surface area (Å²) in [6.45, 7) is 13.4. The second kappa shape index (κ2) is 7.53. The monoisotopic (exact) mass is 258 g/mol. The highest BCUT2D eigenvalue weighted by atomic mass is 14.4. The molecule has 0 heterocycles. The van der Waals surface area contributed by atoms with Crippen molar-refractivity contribution in [2.24, 2.45) is 23.7 Å². The Kier molecular flexibility index (Phi) is 6.34. The van der Waals surface area contributed by atoms with Crippen molar-refractivity contribution in [3.63, 3.8) is 0 Å². The lowest BCUT2D eigenvalue weighted by Gasteiger charge is -2.25. The molecule has 0 N–H and O–H groups in total. The summed E-state index contributed by atoms with van der Waals surface area (Å²) < 4.78 is 0. The van der Waals surface area contributed by atoms with E-state index in [4.69, 9.17) is 0 Å². The first kappa shape index (κ1) is 16.0. The first-order valence-corrected chi connectivity index (χ1v) is 7.85. The van der Waals surface area contributed by atoms with E-state index in [1.807, 2.05) is 13.8 Å². The van der Waals surface area contributed by atoms with Crippen LogP contribution >= 0.6 is 0 Å². The SMILES string of the molecule is CC.CC(C)C1C=C(c2ccccc2)C[C@H]1C(C)C. The maximum absolute atomic E-state index is 2.53. The van der Waals surface area contributed by atoms with E-state index in [1.54, 1.807) is 5.57 Å². The second-order valence-corrected chi connectivity index (χ2v) is 5.99. The molecular weight excluding hydrogens is 228 g/mol. The summed E-state index contributed by atoms with van der Waals surface area (Å²) in [6.07, 6.45) is 3.79. The first-order chi connectivity index (χ1) is 9.09. The Hall–Kier alpha value is -1.04. The van der Waals surface area contributed by atoms with E-state index in [-0.39, 0.29) is 0 Å². The molecule has 0 fully saturated rings. The Morgan fingerprint density at radius 2 is 1.47 bits per heavy atom. The van der Waals surface area contributed by atoms with Gasteiger partial charge in [0.05, 0.1) is 0 Å². The van der Waals surface area contributed by atoms with Crippen LogP contribution in [0.15, 0.2) is 36.4 Å². The van der Waals surface area contributed by atoms with Gasteiger partial charge in [0, 0.05) is 0 Å². The van der Waals surface area contributed by atoms with E-state index in [2.05, 4.69) is 64.1 Å². The Morgan fingerprint density at radius 3 is 1.89 bits per heavy atom. The van der Waals surface area contributed by atoms with Crippen molar-refractivity contribution >= 4 is 5.57 Å². The van der Waals surface area contributed by atoms with Crippen molar-refractivity contribution in [3.05, 3.63) is 42.0 Å². The topological polar surface area (TPSA) is 0 Å². The van der Waals surface area contributed by atoms with E-state index < -0.39 is 0 Å². The summed E-state index contributed by atoms with van der Waals surface area (Å²) in [5, 5.41) is 0. The largest absolute Gasteiger partial charge is 0.0770 e. The van der Waals surface area contributed by atoms with E-state index in [0.717, 1.165) is 23.7 Å². The molecule has 1 unspecified atom stereocenters. The van der Waals surface area contributed by atoms with E-state index in [1.165, 1.54) is 12.0 Å². The molecule has 0 aliphatic heterocycles. The first-order valence-electron chi connectivity index (χ1n) is 7.85. The second-order valence-electron chi connectivity index (χ2n) is 5.99. The van der Waals surface area contributed by atoms with E-state index in [9.17, 15) is 0 Å². The number of hydrogen-bond donors (Lipinski definition) is 0. The van der Waals surface area contributed by atoms with Gasteiger partial charge < -0.3 is 0 Å². The van der Waals surface area contributed by atoms with Gasteiger partial charge in [-0.05, 0) is 41.2 Å². The molecule has 0 aromatic heterocycles. The lowest BCUT2D eigenvalue weighted by atomic mass is 9.79. The molecule has 106 valence electrons. The zero-order valence-electron chi connectivity index (χ0n) is 13.5. The summed E-state index contributed by atoms with van der Waals surface area (Å²) in [6, 6.07) is 10.9. The van der Waals surface area contributed by atoms with Crippen LogP contribution in [-0.2, 0) is 0 Å². The normalized spacial score (nSPS) is 22.2. The Bertz CT molecular complexity index is 384. The lowest BCUT2D eigenvalue weighted by molar-refractivity contribution is 0.263. The molecule has 0 amide bonds. The summed E-state index contributed by atoms with van der Waals surface area (Å²) in [5.41, 5.74) is 2.98. The van der Waals surface area contributed by atoms with Gasteiger partial charge in [0.1, 0.15) is 0 Å². The van der Waals surface area contributed by atoms with Crippen LogP contribution in [0, 0.1) is 23.7 Å². The fourth-order valence-electron chi connectivity index (χ4n) is 3.05. The van der Waals surface area contributed by atoms with Crippen molar-refractivity contribution in [2.45, 2.75) is 48.0 Å². The molecule has 0 bridgehead atoms. The summed E-state index contributed by atoms with van der Waals surface area (Å²) in [4.78, 5) is 0. The fourth-order valence-corrected chi connectivity index (χ4v) is 3.05. The molecule has 2 atom stereocenters. The van der Waals surface area contributed by atoms with Gasteiger partial charge in [-0.2, -0.15) is 0 Å². The summed E-state index contributed by atoms with van der Waals surface area (Å²) in [7, 11) is 0. The molecule has 1 aromatic carbocycles. The minimum atomic E-state index is 0.753. The average molecular weight is 258 g/mol. The Labute approximate surface area is 119 Å². The minimum absolute atomic E-state index is 0.753. The number of hydrogen-bond acceptors (Lipinski definition) is 0. The maximum atomic E-state index is 2.53. The van der Waals surface area contributed by atoms with Crippen LogP contribution in [0.1, 0.15) is 53.5 Å². The van der Waals surface area contributed by atoms with Crippen LogP contribution in [0.2, 0.25) is 0 Å². The summed E-state index contributed by atoms with van der Waals surface area (Å²) >= 11 is 0. The third-order valence-corrected chi connectivity index (χ3v) is 4.11. The van der Waals surface area contributed by atoms with Crippen molar-refractivity contribution in [1.82, 2.24) is 0 Å². The smallest absolute Gasteiger partial charge is 0.0170 e. The molecule has 1 aliphatic carbocycles. The fraction of sp³-hybridized carbons (Fsp3) is 0.579. The molecule has 0 saturated heterocycles. The van der Waals surface area contributed by atoms with Crippen molar-refractivity contribution in [3.8, 4) is 0 Å². The molecule has 0 radical (unpaired) electrons. The molecule has 19 heavy (non-hydrogen) atoms. The van der Waals surface area contributed by atoms with Gasteiger partial charge in [-0.25, -0.2) is 0 Å². The minimum Gasteiger partial charge on any atom is -0.0770 e. The van der Waals surface area contributed by atoms with Gasteiger partial charge in [-0.1, -0.05) is 78.0 Å². The van der Waals surface area contributed by atoms with Gasteiger partial charge >= 0.3 is 0 Å². The van der Waals surface area contributed by atoms with E-state index >= 15 is 0 Å². The molecule has 2 rings (SSSR count). The van der Waals surface area contributed by atoms with Crippen LogP contribution in [0.3, 0.4) is 0 Å².